The van der Waals surface area contributed by atoms with E-state index in [1.807, 2.05) is 60.9 Å². The highest BCUT2D eigenvalue weighted by atomic mass is 35.5. The number of hydrogen-bond acceptors (Lipinski definition) is 1. The number of hydrogen-bond donors (Lipinski definition) is 0. The molecule has 0 unspecified atom stereocenters. The van der Waals surface area contributed by atoms with Crippen LogP contribution >= 0.6 is 0 Å². The second-order valence-corrected chi connectivity index (χ2v) is 2.99. The maximum atomic E-state index is 5.51. The number of nitrogens with zero attached hydrogens (tertiary/aromatic N) is 1. The second-order valence-electron chi connectivity index (χ2n) is 2.99. The molecule has 15 heavy (non-hydrogen) atoms. The maximum Gasteiger partial charge on any atom is 0.222 e. The van der Waals surface area contributed by atoms with Gasteiger partial charge < -0.3 is 12.4 Å². The third-order valence-corrected chi connectivity index (χ3v) is 1.91. The van der Waals surface area contributed by atoms with Crippen LogP contribution in [0.25, 0.3) is 0 Å². The minimum atomic E-state index is 0. The molecule has 1 aromatic carbocycles. The Labute approximate surface area is 95.5 Å². The van der Waals surface area contributed by atoms with Crippen molar-refractivity contribution < 1.29 is 22.0 Å². The Kier molecular flexibility index (Phi) is 4.64. The highest BCUT2D eigenvalue weighted by molar-refractivity contribution is 5.13. The van der Waals surface area contributed by atoms with Gasteiger partial charge in [-0.05, 0) is 5.56 Å². The summed E-state index contributed by atoms with van der Waals surface area (Å²) in [5.74, 6) is 0. The first kappa shape index (κ1) is 11.5. The molecule has 1 heterocycles. The van der Waals surface area contributed by atoms with Gasteiger partial charge in [0.2, 0.25) is 12.4 Å². The van der Waals surface area contributed by atoms with E-state index in [2.05, 4.69) is 0 Å². The van der Waals surface area contributed by atoms with Gasteiger partial charge in [-0.1, -0.05) is 36.4 Å². The Bertz CT molecular complexity index is 338. The van der Waals surface area contributed by atoms with Crippen LogP contribution in [-0.4, -0.2) is 0 Å². The molecule has 0 saturated carbocycles. The quantitative estimate of drug-likeness (QED) is 0.582. The van der Waals surface area contributed by atoms with Gasteiger partial charge in [0.1, 0.15) is 0 Å². The molecule has 0 N–H and O–H groups in total. The van der Waals surface area contributed by atoms with Crippen molar-refractivity contribution in [1.82, 2.24) is 0 Å². The lowest BCUT2D eigenvalue weighted by molar-refractivity contribution is -0.895. The molecule has 0 spiro atoms. The van der Waals surface area contributed by atoms with Crippen molar-refractivity contribution in [2.75, 3.05) is 0 Å². The highest BCUT2D eigenvalue weighted by Crippen LogP contribution is 1.96. The molecule has 2 aromatic rings. The number of pyridine rings is 1. The summed E-state index contributed by atoms with van der Waals surface area (Å²) in [6, 6.07) is 15.9. The first-order chi connectivity index (χ1) is 6.95. The molecule has 0 aliphatic rings. The number of rotatable bonds is 3. The van der Waals surface area contributed by atoms with Gasteiger partial charge in [-0.15, -0.1) is 0 Å². The fourth-order valence-electron chi connectivity index (χ4n) is 1.19. The highest BCUT2D eigenvalue weighted by Gasteiger charge is 1.98. The molecule has 78 valence electrons. The van der Waals surface area contributed by atoms with E-state index in [1.54, 1.807) is 4.73 Å². The molecule has 0 fully saturated rings. The molecule has 2 nitrogen and oxygen atoms in total. The third-order valence-electron chi connectivity index (χ3n) is 1.91. The van der Waals surface area contributed by atoms with E-state index in [0.717, 1.165) is 0 Å². The molecule has 0 radical (unpaired) electrons. The smallest absolute Gasteiger partial charge is 0.222 e. The Hall–Kier alpha value is -1.54. The Balaban J connectivity index is 0.00000112. The largest absolute Gasteiger partial charge is 1.00 e. The molecule has 0 bridgehead atoms. The minimum absolute atomic E-state index is 0. The summed E-state index contributed by atoms with van der Waals surface area (Å²) >= 11 is 0. The summed E-state index contributed by atoms with van der Waals surface area (Å²) in [4.78, 5) is 5.51. The minimum Gasteiger partial charge on any atom is -1.00 e. The van der Waals surface area contributed by atoms with Gasteiger partial charge in [0.15, 0.2) is 6.61 Å². The summed E-state index contributed by atoms with van der Waals surface area (Å²) in [5, 5.41) is 0. The zero-order chi connectivity index (χ0) is 9.64. The van der Waals surface area contributed by atoms with Gasteiger partial charge in [-0.3, -0.25) is 4.84 Å². The average molecular weight is 222 g/mol. The van der Waals surface area contributed by atoms with Crippen molar-refractivity contribution in [1.29, 1.82) is 0 Å². The Morgan fingerprint density at radius 2 is 1.47 bits per heavy atom. The monoisotopic (exact) mass is 221 g/mol. The summed E-state index contributed by atoms with van der Waals surface area (Å²) < 4.78 is 1.70. The third kappa shape index (κ3) is 3.60. The fourth-order valence-corrected chi connectivity index (χ4v) is 1.19. The van der Waals surface area contributed by atoms with Crippen LogP contribution in [0.3, 0.4) is 0 Å². The van der Waals surface area contributed by atoms with Crippen LogP contribution in [0.2, 0.25) is 0 Å². The predicted octanol–water partition coefficient (Wildman–Crippen LogP) is -1.39. The molecular formula is C12H12ClNO. The van der Waals surface area contributed by atoms with Crippen LogP contribution < -0.4 is 22.0 Å². The molecule has 0 aliphatic carbocycles. The zero-order valence-electron chi connectivity index (χ0n) is 8.21. The number of halogens is 1. The molecule has 2 rings (SSSR count). The van der Waals surface area contributed by atoms with E-state index in [0.29, 0.717) is 6.61 Å². The predicted molar refractivity (Wildman–Crippen MR) is 53.4 cm³/mol. The topological polar surface area (TPSA) is 13.1 Å². The van der Waals surface area contributed by atoms with Crippen LogP contribution in [-0.2, 0) is 6.61 Å². The van der Waals surface area contributed by atoms with Crippen molar-refractivity contribution in [2.45, 2.75) is 6.61 Å². The van der Waals surface area contributed by atoms with E-state index in [1.165, 1.54) is 5.56 Å². The van der Waals surface area contributed by atoms with E-state index in [9.17, 15) is 0 Å². The maximum absolute atomic E-state index is 5.51. The van der Waals surface area contributed by atoms with Crippen LogP contribution in [0, 0.1) is 0 Å². The Morgan fingerprint density at radius 3 is 2.13 bits per heavy atom. The van der Waals surface area contributed by atoms with Crippen LogP contribution in [0.1, 0.15) is 5.56 Å². The van der Waals surface area contributed by atoms with Crippen molar-refractivity contribution in [3.63, 3.8) is 0 Å². The summed E-state index contributed by atoms with van der Waals surface area (Å²) in [6.07, 6.45) is 3.76. The second kappa shape index (κ2) is 6.04. The van der Waals surface area contributed by atoms with Crippen molar-refractivity contribution in [3.05, 3.63) is 66.5 Å². The molecule has 0 amide bonds. The normalized spacial score (nSPS) is 9.07. The lowest BCUT2D eigenvalue weighted by atomic mass is 10.2. The fraction of sp³-hybridized carbons (Fsp3) is 0.0833. The Morgan fingerprint density at radius 1 is 0.867 bits per heavy atom. The van der Waals surface area contributed by atoms with Gasteiger partial charge in [0.25, 0.3) is 0 Å². The lowest BCUT2D eigenvalue weighted by Crippen LogP contribution is -3.00. The van der Waals surface area contributed by atoms with E-state index in [4.69, 9.17) is 4.84 Å². The molecule has 0 atom stereocenters. The molecule has 1 aromatic heterocycles. The summed E-state index contributed by atoms with van der Waals surface area (Å²) in [6.45, 7) is 0.593. The van der Waals surface area contributed by atoms with E-state index in [-0.39, 0.29) is 12.4 Å². The molecule has 0 aliphatic heterocycles. The van der Waals surface area contributed by atoms with Gasteiger partial charge in [0.05, 0.1) is 0 Å². The van der Waals surface area contributed by atoms with Gasteiger partial charge >= 0.3 is 0 Å². The van der Waals surface area contributed by atoms with Crippen LogP contribution in [0.5, 0.6) is 0 Å². The van der Waals surface area contributed by atoms with Crippen LogP contribution in [0.15, 0.2) is 60.9 Å². The molecule has 3 heteroatoms. The van der Waals surface area contributed by atoms with Gasteiger partial charge in [-0.2, -0.15) is 0 Å². The number of benzene rings is 1. The first-order valence-corrected chi connectivity index (χ1v) is 4.59. The SMILES string of the molecule is [Cl-].c1ccc(CO[n+]2ccccc2)cc1. The van der Waals surface area contributed by atoms with Crippen molar-refractivity contribution in [3.8, 4) is 0 Å². The van der Waals surface area contributed by atoms with Gasteiger partial charge in [-0.25, -0.2) is 0 Å². The summed E-state index contributed by atoms with van der Waals surface area (Å²) in [7, 11) is 0. The van der Waals surface area contributed by atoms with E-state index < -0.39 is 0 Å². The van der Waals surface area contributed by atoms with Crippen molar-refractivity contribution >= 4 is 0 Å². The lowest BCUT2D eigenvalue weighted by Gasteiger charge is -1.97. The first-order valence-electron chi connectivity index (χ1n) is 4.59. The molecular weight excluding hydrogens is 210 g/mol. The van der Waals surface area contributed by atoms with Crippen LogP contribution in [0.4, 0.5) is 0 Å². The van der Waals surface area contributed by atoms with E-state index >= 15 is 0 Å². The standard InChI is InChI=1S/C12H12NO.ClH/c1-3-7-12(8-4-1)11-14-13-9-5-2-6-10-13;/h1-10H,11H2;1H/q+1;/p-1. The number of aromatic nitrogens is 1. The average Bonchev–Trinajstić information content (AvgIpc) is 2.29. The van der Waals surface area contributed by atoms with Crippen molar-refractivity contribution in [2.24, 2.45) is 0 Å². The summed E-state index contributed by atoms with van der Waals surface area (Å²) in [5.41, 5.74) is 1.17. The zero-order valence-corrected chi connectivity index (χ0v) is 8.97. The molecule has 0 saturated heterocycles. The van der Waals surface area contributed by atoms with Gasteiger partial charge in [0, 0.05) is 16.9 Å².